The van der Waals surface area contributed by atoms with Crippen molar-refractivity contribution in [1.29, 1.82) is 0 Å². The highest BCUT2D eigenvalue weighted by Gasteiger charge is 2.13. The molecular weight excluding hydrogens is 194 g/mol. The Morgan fingerprint density at radius 2 is 2.20 bits per heavy atom. The molecule has 0 bridgehead atoms. The van der Waals surface area contributed by atoms with Crippen LogP contribution >= 0.6 is 0 Å². The summed E-state index contributed by atoms with van der Waals surface area (Å²) in [5, 5.41) is 12.0. The predicted molar refractivity (Wildman–Crippen MR) is 58.9 cm³/mol. The zero-order chi connectivity index (χ0) is 10.9. The van der Waals surface area contributed by atoms with E-state index < -0.39 is 0 Å². The predicted octanol–water partition coefficient (Wildman–Crippen LogP) is 0.400. The van der Waals surface area contributed by atoms with Crippen LogP contribution in [0.25, 0.3) is 0 Å². The molecule has 0 spiro atoms. The smallest absolute Gasteiger partial charge is 0.0585 e. The fraction of sp³-hybridized carbons (Fsp3) is 1.00. The van der Waals surface area contributed by atoms with Gasteiger partial charge in [0.25, 0.3) is 0 Å². The summed E-state index contributed by atoms with van der Waals surface area (Å²) in [7, 11) is 1.86. The van der Waals surface area contributed by atoms with E-state index in [1.807, 2.05) is 7.05 Å². The molecule has 0 aromatic heterocycles. The Morgan fingerprint density at radius 1 is 1.47 bits per heavy atom. The number of nitrogens with one attached hydrogen (secondary N) is 1. The molecule has 0 aromatic rings. The van der Waals surface area contributed by atoms with Crippen LogP contribution in [0.1, 0.15) is 19.3 Å². The minimum Gasteiger partial charge on any atom is -0.395 e. The summed E-state index contributed by atoms with van der Waals surface area (Å²) in [6.45, 7) is 3.50. The number of rotatable bonds is 7. The molecule has 2 N–H and O–H groups in total. The molecule has 0 aromatic carbocycles. The molecule has 90 valence electrons. The number of aliphatic hydroxyl groups is 1. The highest BCUT2D eigenvalue weighted by molar-refractivity contribution is 4.64. The van der Waals surface area contributed by atoms with E-state index in [1.54, 1.807) is 0 Å². The lowest BCUT2D eigenvalue weighted by atomic mass is 10.0. The Morgan fingerprint density at radius 3 is 2.80 bits per heavy atom. The van der Waals surface area contributed by atoms with Crippen molar-refractivity contribution in [1.82, 2.24) is 5.32 Å². The third-order valence-corrected chi connectivity index (χ3v) is 2.93. The van der Waals surface area contributed by atoms with Crippen molar-refractivity contribution in [2.75, 3.05) is 40.1 Å². The Bertz CT molecular complexity index is 145. The lowest BCUT2D eigenvalue weighted by Crippen LogP contribution is -2.30. The van der Waals surface area contributed by atoms with Gasteiger partial charge in [-0.25, -0.2) is 0 Å². The van der Waals surface area contributed by atoms with Gasteiger partial charge in [0.15, 0.2) is 0 Å². The highest BCUT2D eigenvalue weighted by atomic mass is 16.5. The van der Waals surface area contributed by atoms with E-state index in [9.17, 15) is 0 Å². The first-order valence-electron chi connectivity index (χ1n) is 5.80. The minimum atomic E-state index is 0.166. The van der Waals surface area contributed by atoms with Gasteiger partial charge < -0.3 is 19.9 Å². The summed E-state index contributed by atoms with van der Waals surface area (Å²) in [5.41, 5.74) is 0. The van der Waals surface area contributed by atoms with Crippen LogP contribution in [0.15, 0.2) is 0 Å². The number of hydrogen-bond donors (Lipinski definition) is 2. The van der Waals surface area contributed by atoms with Crippen LogP contribution in [-0.4, -0.2) is 51.2 Å². The molecule has 0 saturated carbocycles. The summed E-state index contributed by atoms with van der Waals surface area (Å²) < 4.78 is 10.9. The monoisotopic (exact) mass is 217 g/mol. The molecule has 1 unspecified atom stereocenters. The first-order chi connectivity index (χ1) is 7.36. The molecule has 0 amide bonds. The van der Waals surface area contributed by atoms with Crippen LogP contribution in [0.5, 0.6) is 0 Å². The van der Waals surface area contributed by atoms with Gasteiger partial charge in [0.05, 0.1) is 6.61 Å². The lowest BCUT2D eigenvalue weighted by molar-refractivity contribution is 0.0177. The maximum absolute atomic E-state index is 8.94. The van der Waals surface area contributed by atoms with Crippen molar-refractivity contribution >= 4 is 0 Å². The summed E-state index contributed by atoms with van der Waals surface area (Å²) in [6, 6.07) is 0.166. The second-order valence-corrected chi connectivity index (χ2v) is 4.09. The summed E-state index contributed by atoms with van der Waals surface area (Å²) >= 11 is 0. The number of hydrogen-bond acceptors (Lipinski definition) is 4. The third-order valence-electron chi connectivity index (χ3n) is 2.93. The van der Waals surface area contributed by atoms with Crippen LogP contribution in [0.2, 0.25) is 0 Å². The molecule has 1 aliphatic heterocycles. The normalized spacial score (nSPS) is 20.4. The van der Waals surface area contributed by atoms with Gasteiger partial charge in [-0.3, -0.25) is 0 Å². The Hall–Kier alpha value is -0.160. The van der Waals surface area contributed by atoms with E-state index in [-0.39, 0.29) is 12.6 Å². The molecule has 1 aliphatic rings. The van der Waals surface area contributed by atoms with Gasteiger partial charge >= 0.3 is 0 Å². The maximum atomic E-state index is 8.94. The maximum Gasteiger partial charge on any atom is 0.0585 e. The van der Waals surface area contributed by atoms with Crippen LogP contribution < -0.4 is 5.32 Å². The van der Waals surface area contributed by atoms with E-state index in [0.717, 1.165) is 45.7 Å². The summed E-state index contributed by atoms with van der Waals surface area (Å²) in [4.78, 5) is 0. The van der Waals surface area contributed by atoms with Crippen LogP contribution in [0.3, 0.4) is 0 Å². The average Bonchev–Trinajstić information content (AvgIpc) is 2.31. The van der Waals surface area contributed by atoms with Crippen molar-refractivity contribution < 1.29 is 14.6 Å². The fourth-order valence-corrected chi connectivity index (χ4v) is 1.72. The largest absolute Gasteiger partial charge is 0.395 e. The average molecular weight is 217 g/mol. The number of aliphatic hydroxyl groups excluding tert-OH is 1. The zero-order valence-electron chi connectivity index (χ0n) is 9.58. The molecule has 0 radical (unpaired) electrons. The Balaban J connectivity index is 1.95. The molecule has 1 rings (SSSR count). The molecule has 1 fully saturated rings. The third kappa shape index (κ3) is 5.47. The van der Waals surface area contributed by atoms with Gasteiger partial charge in [0.1, 0.15) is 0 Å². The molecular formula is C11H23NO3. The number of ether oxygens (including phenoxy) is 2. The van der Waals surface area contributed by atoms with Crippen molar-refractivity contribution in [2.24, 2.45) is 5.92 Å². The van der Waals surface area contributed by atoms with E-state index in [4.69, 9.17) is 14.6 Å². The van der Waals surface area contributed by atoms with E-state index in [1.165, 1.54) is 0 Å². The standard InChI is InChI=1S/C11H23NO3/c1-12-11(8-13)4-7-15-9-10-2-5-14-6-3-10/h10-13H,2-9H2,1H3. The SMILES string of the molecule is CNC(CO)CCOCC1CCOCC1. The van der Waals surface area contributed by atoms with E-state index in [2.05, 4.69) is 5.32 Å². The molecule has 0 aliphatic carbocycles. The minimum absolute atomic E-state index is 0.166. The van der Waals surface area contributed by atoms with Crippen molar-refractivity contribution in [3.05, 3.63) is 0 Å². The van der Waals surface area contributed by atoms with Crippen molar-refractivity contribution in [2.45, 2.75) is 25.3 Å². The van der Waals surface area contributed by atoms with Gasteiger partial charge in [-0.2, -0.15) is 0 Å². The van der Waals surface area contributed by atoms with E-state index in [0.29, 0.717) is 5.92 Å². The highest BCUT2D eigenvalue weighted by Crippen LogP contribution is 2.14. The number of likely N-dealkylation sites (N-methyl/N-ethyl adjacent to an activating group) is 1. The Kier molecular flexibility index (Phi) is 6.92. The summed E-state index contributed by atoms with van der Waals surface area (Å²) in [5.74, 6) is 0.668. The lowest BCUT2D eigenvalue weighted by Gasteiger charge is -2.22. The fourth-order valence-electron chi connectivity index (χ4n) is 1.72. The topological polar surface area (TPSA) is 50.7 Å². The zero-order valence-corrected chi connectivity index (χ0v) is 9.58. The van der Waals surface area contributed by atoms with Gasteiger partial charge in [-0.15, -0.1) is 0 Å². The van der Waals surface area contributed by atoms with E-state index >= 15 is 0 Å². The second kappa shape index (κ2) is 8.05. The molecule has 4 heteroatoms. The van der Waals surface area contributed by atoms with Crippen molar-refractivity contribution in [3.8, 4) is 0 Å². The van der Waals surface area contributed by atoms with Crippen LogP contribution in [-0.2, 0) is 9.47 Å². The molecule has 1 heterocycles. The molecule has 4 nitrogen and oxygen atoms in total. The quantitative estimate of drug-likeness (QED) is 0.606. The molecule has 1 saturated heterocycles. The van der Waals surface area contributed by atoms with Crippen molar-refractivity contribution in [3.63, 3.8) is 0 Å². The van der Waals surface area contributed by atoms with Gasteiger partial charge in [-0.05, 0) is 32.2 Å². The van der Waals surface area contributed by atoms with Crippen LogP contribution in [0.4, 0.5) is 0 Å². The van der Waals surface area contributed by atoms with Gasteiger partial charge in [0, 0.05) is 32.5 Å². The molecule has 1 atom stereocenters. The van der Waals surface area contributed by atoms with Crippen LogP contribution in [0, 0.1) is 5.92 Å². The Labute approximate surface area is 92.0 Å². The van der Waals surface area contributed by atoms with Gasteiger partial charge in [-0.1, -0.05) is 0 Å². The summed E-state index contributed by atoms with van der Waals surface area (Å²) in [6.07, 6.45) is 3.11. The first-order valence-corrected chi connectivity index (χ1v) is 5.80. The second-order valence-electron chi connectivity index (χ2n) is 4.09. The molecule has 15 heavy (non-hydrogen) atoms. The van der Waals surface area contributed by atoms with Gasteiger partial charge in [0.2, 0.25) is 0 Å². The first kappa shape index (κ1) is 12.9.